The molecule has 102 valence electrons. The van der Waals surface area contributed by atoms with Crippen LogP contribution in [0.4, 0.5) is 0 Å². The zero-order valence-electron chi connectivity index (χ0n) is 11.1. The van der Waals surface area contributed by atoms with E-state index in [1.165, 1.54) is 12.8 Å². The number of aromatic nitrogens is 2. The van der Waals surface area contributed by atoms with Gasteiger partial charge in [-0.2, -0.15) is 4.98 Å². The van der Waals surface area contributed by atoms with Gasteiger partial charge < -0.3 is 10.3 Å². The number of rotatable bonds is 3. The van der Waals surface area contributed by atoms with Gasteiger partial charge in [0.1, 0.15) is 0 Å². The maximum Gasteiger partial charge on any atom is 0.234 e. The highest BCUT2D eigenvalue weighted by Crippen LogP contribution is 2.40. The van der Waals surface area contributed by atoms with Crippen LogP contribution in [0.1, 0.15) is 38.5 Å². The van der Waals surface area contributed by atoms with Gasteiger partial charge in [0.05, 0.1) is 10.3 Å². The van der Waals surface area contributed by atoms with E-state index < -0.39 is 0 Å². The van der Waals surface area contributed by atoms with Crippen molar-refractivity contribution < 1.29 is 4.52 Å². The van der Waals surface area contributed by atoms with E-state index in [9.17, 15) is 0 Å². The van der Waals surface area contributed by atoms with E-state index in [0.29, 0.717) is 12.4 Å². The van der Waals surface area contributed by atoms with Crippen LogP contribution in [0.5, 0.6) is 0 Å². The van der Waals surface area contributed by atoms with Gasteiger partial charge in [-0.3, -0.25) is 0 Å². The van der Waals surface area contributed by atoms with E-state index in [2.05, 4.69) is 17.1 Å². The van der Waals surface area contributed by atoms with E-state index in [1.54, 1.807) is 11.3 Å². The first-order chi connectivity index (χ1) is 9.23. The molecule has 0 saturated heterocycles. The zero-order valence-corrected chi connectivity index (χ0v) is 11.9. The summed E-state index contributed by atoms with van der Waals surface area (Å²) < 4.78 is 5.52. The van der Waals surface area contributed by atoms with Crippen molar-refractivity contribution in [2.24, 2.45) is 11.7 Å². The van der Waals surface area contributed by atoms with Crippen molar-refractivity contribution in [2.75, 3.05) is 6.54 Å². The van der Waals surface area contributed by atoms with Gasteiger partial charge in [-0.05, 0) is 43.0 Å². The minimum atomic E-state index is -0.102. The number of nitrogens with zero attached hydrogens (tertiary/aromatic N) is 2. The summed E-state index contributed by atoms with van der Waals surface area (Å²) in [4.78, 5) is 5.64. The van der Waals surface area contributed by atoms with Crippen molar-refractivity contribution in [3.05, 3.63) is 23.4 Å². The number of hydrogen-bond acceptors (Lipinski definition) is 5. The van der Waals surface area contributed by atoms with Crippen LogP contribution in [0.2, 0.25) is 0 Å². The second-order valence-electron chi connectivity index (χ2n) is 5.57. The van der Waals surface area contributed by atoms with E-state index in [0.717, 1.165) is 29.5 Å². The largest absolute Gasteiger partial charge is 0.338 e. The summed E-state index contributed by atoms with van der Waals surface area (Å²) in [5.41, 5.74) is 5.92. The summed E-state index contributed by atoms with van der Waals surface area (Å²) in [6.45, 7) is 2.89. The molecule has 4 nitrogen and oxygen atoms in total. The molecule has 3 rings (SSSR count). The average Bonchev–Trinajstić information content (AvgIpc) is 3.11. The van der Waals surface area contributed by atoms with E-state index in [1.807, 2.05) is 17.5 Å². The lowest BCUT2D eigenvalue weighted by molar-refractivity contribution is 0.191. The van der Waals surface area contributed by atoms with Gasteiger partial charge in [-0.15, -0.1) is 11.3 Å². The molecule has 0 aliphatic heterocycles. The number of hydrogen-bond donors (Lipinski definition) is 1. The predicted octanol–water partition coefficient (Wildman–Crippen LogP) is 3.20. The zero-order chi connectivity index (χ0) is 13.3. The summed E-state index contributed by atoms with van der Waals surface area (Å²) in [6.07, 6.45) is 4.48. The molecular weight excluding hydrogens is 258 g/mol. The van der Waals surface area contributed by atoms with Crippen LogP contribution < -0.4 is 5.73 Å². The molecule has 0 bridgehead atoms. The van der Waals surface area contributed by atoms with Crippen LogP contribution in [0.3, 0.4) is 0 Å². The number of nitrogens with two attached hydrogens (primary N) is 1. The van der Waals surface area contributed by atoms with Gasteiger partial charge in [0.2, 0.25) is 11.7 Å². The predicted molar refractivity (Wildman–Crippen MR) is 76.0 cm³/mol. The van der Waals surface area contributed by atoms with Gasteiger partial charge in [-0.1, -0.05) is 18.1 Å². The van der Waals surface area contributed by atoms with Crippen LogP contribution in [0.25, 0.3) is 10.7 Å². The molecule has 0 radical (unpaired) electrons. The highest BCUT2D eigenvalue weighted by atomic mass is 32.1. The molecule has 5 heteroatoms. The minimum Gasteiger partial charge on any atom is -0.338 e. The summed E-state index contributed by atoms with van der Waals surface area (Å²) >= 11 is 1.63. The Morgan fingerprint density at radius 1 is 1.47 bits per heavy atom. The van der Waals surface area contributed by atoms with E-state index in [-0.39, 0.29) is 5.41 Å². The Morgan fingerprint density at radius 3 is 2.89 bits per heavy atom. The van der Waals surface area contributed by atoms with Crippen molar-refractivity contribution >= 4 is 11.3 Å². The van der Waals surface area contributed by atoms with Crippen molar-refractivity contribution in [3.63, 3.8) is 0 Å². The lowest BCUT2D eigenvalue weighted by Crippen LogP contribution is -2.39. The standard InChI is InChI=1S/C14H19N3OS/c1-10-4-6-14(9-15,7-5-10)13-16-12(17-18-13)11-3-2-8-19-11/h2-3,8,10H,4-7,9,15H2,1H3. The summed E-state index contributed by atoms with van der Waals surface area (Å²) in [6, 6.07) is 4.01. The normalized spacial score (nSPS) is 27.6. The van der Waals surface area contributed by atoms with Crippen LogP contribution in [0, 0.1) is 5.92 Å². The lowest BCUT2D eigenvalue weighted by Gasteiger charge is -2.35. The molecule has 2 aromatic rings. The summed E-state index contributed by atoms with van der Waals surface area (Å²) in [5, 5.41) is 6.13. The second-order valence-corrected chi connectivity index (χ2v) is 6.52. The third-order valence-corrected chi connectivity index (χ3v) is 5.11. The Balaban J connectivity index is 1.88. The van der Waals surface area contributed by atoms with Gasteiger partial charge >= 0.3 is 0 Å². The first-order valence-corrected chi connectivity index (χ1v) is 7.70. The molecule has 1 aliphatic rings. The Morgan fingerprint density at radius 2 is 2.26 bits per heavy atom. The molecule has 2 N–H and O–H groups in total. The first kappa shape index (κ1) is 12.8. The van der Waals surface area contributed by atoms with Gasteiger partial charge in [0.15, 0.2) is 0 Å². The van der Waals surface area contributed by atoms with Gasteiger partial charge in [0.25, 0.3) is 0 Å². The van der Waals surface area contributed by atoms with Crippen molar-refractivity contribution in [3.8, 4) is 10.7 Å². The van der Waals surface area contributed by atoms with Crippen molar-refractivity contribution in [1.82, 2.24) is 10.1 Å². The Bertz CT molecular complexity index is 527. The van der Waals surface area contributed by atoms with Gasteiger partial charge in [0, 0.05) is 6.54 Å². The Kier molecular flexibility index (Phi) is 3.41. The highest BCUT2D eigenvalue weighted by Gasteiger charge is 2.39. The molecule has 2 heterocycles. The highest BCUT2D eigenvalue weighted by molar-refractivity contribution is 7.13. The fraction of sp³-hybridized carbons (Fsp3) is 0.571. The Labute approximate surface area is 117 Å². The molecule has 0 aromatic carbocycles. The Hall–Kier alpha value is -1.20. The summed E-state index contributed by atoms with van der Waals surface area (Å²) in [5.74, 6) is 2.20. The summed E-state index contributed by atoms with van der Waals surface area (Å²) in [7, 11) is 0. The molecular formula is C14H19N3OS. The molecule has 1 fully saturated rings. The smallest absolute Gasteiger partial charge is 0.234 e. The maximum absolute atomic E-state index is 6.02. The van der Waals surface area contributed by atoms with Crippen LogP contribution in [0.15, 0.2) is 22.0 Å². The molecule has 1 saturated carbocycles. The van der Waals surface area contributed by atoms with E-state index in [4.69, 9.17) is 10.3 Å². The monoisotopic (exact) mass is 277 g/mol. The van der Waals surface area contributed by atoms with Crippen molar-refractivity contribution in [2.45, 2.75) is 38.0 Å². The molecule has 0 amide bonds. The molecule has 2 aromatic heterocycles. The SMILES string of the molecule is CC1CCC(CN)(c2nc(-c3cccs3)no2)CC1. The minimum absolute atomic E-state index is 0.102. The first-order valence-electron chi connectivity index (χ1n) is 6.82. The average molecular weight is 277 g/mol. The maximum atomic E-state index is 6.02. The lowest BCUT2D eigenvalue weighted by atomic mass is 9.71. The molecule has 0 atom stereocenters. The molecule has 0 unspecified atom stereocenters. The second kappa shape index (κ2) is 5.06. The van der Waals surface area contributed by atoms with Crippen LogP contribution in [-0.4, -0.2) is 16.7 Å². The van der Waals surface area contributed by atoms with E-state index >= 15 is 0 Å². The molecule has 1 aliphatic carbocycles. The molecule has 19 heavy (non-hydrogen) atoms. The van der Waals surface area contributed by atoms with Gasteiger partial charge in [-0.25, -0.2) is 0 Å². The fourth-order valence-corrected chi connectivity index (χ4v) is 3.41. The quantitative estimate of drug-likeness (QED) is 0.935. The third kappa shape index (κ3) is 2.32. The topological polar surface area (TPSA) is 64.9 Å². The van der Waals surface area contributed by atoms with Crippen LogP contribution >= 0.6 is 11.3 Å². The third-order valence-electron chi connectivity index (χ3n) is 4.24. The van der Waals surface area contributed by atoms with Crippen LogP contribution in [-0.2, 0) is 5.41 Å². The molecule has 0 spiro atoms. The fourth-order valence-electron chi connectivity index (χ4n) is 2.76. The number of thiophene rings is 1. The van der Waals surface area contributed by atoms with Crippen molar-refractivity contribution in [1.29, 1.82) is 0 Å².